The van der Waals surface area contributed by atoms with Gasteiger partial charge in [0.2, 0.25) is 0 Å². The average Bonchev–Trinajstić information content (AvgIpc) is 3.38. The smallest absolute Gasteiger partial charge is 0.348 e. The first-order chi connectivity index (χ1) is 13.6. The molecule has 5 nitrogen and oxygen atoms in total. The summed E-state index contributed by atoms with van der Waals surface area (Å²) in [5, 5.41) is 0.887. The van der Waals surface area contributed by atoms with Gasteiger partial charge in [-0.25, -0.2) is 9.78 Å². The largest absolute Gasteiger partial charge is 0.451 e. The minimum Gasteiger partial charge on any atom is -0.451 e. The number of carbonyl (C=O) groups excluding carboxylic acids is 2. The molecule has 1 saturated carbocycles. The number of nitrogens with zero attached hydrogens (tertiary/aromatic N) is 2. The van der Waals surface area contributed by atoms with Crippen molar-refractivity contribution < 1.29 is 14.3 Å². The highest BCUT2D eigenvalue weighted by atomic mass is 32.1. The monoisotopic (exact) mass is 414 g/mol. The number of fused-ring (bicyclic) bond motifs is 1. The van der Waals surface area contributed by atoms with Crippen molar-refractivity contribution >= 4 is 44.8 Å². The van der Waals surface area contributed by atoms with Crippen LogP contribution in [0.1, 0.15) is 41.8 Å². The van der Waals surface area contributed by atoms with E-state index in [0.717, 1.165) is 45.8 Å². The number of para-hydroxylation sites is 1. The van der Waals surface area contributed by atoms with E-state index in [9.17, 15) is 9.59 Å². The second-order valence-corrected chi connectivity index (χ2v) is 9.14. The number of likely N-dealkylation sites (N-methyl/N-ethyl adjacent to an activating group) is 1. The van der Waals surface area contributed by atoms with Crippen LogP contribution in [0.15, 0.2) is 36.4 Å². The molecule has 0 aliphatic heterocycles. The molecule has 0 atom stereocenters. The summed E-state index contributed by atoms with van der Waals surface area (Å²) in [6, 6.07) is 11.9. The fourth-order valence-electron chi connectivity index (χ4n) is 3.51. The highest BCUT2D eigenvalue weighted by molar-refractivity contribution is 7.26. The molecule has 146 valence electrons. The van der Waals surface area contributed by atoms with Crippen LogP contribution in [-0.4, -0.2) is 41.5 Å². The molecule has 0 saturated heterocycles. The van der Waals surface area contributed by atoms with Gasteiger partial charge in [-0.1, -0.05) is 31.4 Å². The van der Waals surface area contributed by atoms with Gasteiger partial charge in [-0.15, -0.1) is 22.7 Å². The van der Waals surface area contributed by atoms with Crippen molar-refractivity contribution in [3.63, 3.8) is 0 Å². The summed E-state index contributed by atoms with van der Waals surface area (Å²) in [5.41, 5.74) is 0.955. The van der Waals surface area contributed by atoms with Gasteiger partial charge in [-0.3, -0.25) is 4.79 Å². The van der Waals surface area contributed by atoms with Crippen LogP contribution < -0.4 is 0 Å². The van der Waals surface area contributed by atoms with Crippen LogP contribution in [0.25, 0.3) is 20.1 Å². The van der Waals surface area contributed by atoms with E-state index >= 15 is 0 Å². The molecule has 0 radical (unpaired) electrons. The van der Waals surface area contributed by atoms with Crippen molar-refractivity contribution in [2.45, 2.75) is 38.1 Å². The third-order valence-corrected chi connectivity index (χ3v) is 7.43. The molecule has 1 aliphatic rings. The Morgan fingerprint density at radius 1 is 1.11 bits per heavy atom. The summed E-state index contributed by atoms with van der Waals surface area (Å²) in [6.07, 6.45) is 5.62. The number of thiophene rings is 1. The number of amides is 1. The maximum atomic E-state index is 12.4. The molecule has 1 fully saturated rings. The van der Waals surface area contributed by atoms with Crippen LogP contribution in [0.3, 0.4) is 0 Å². The molecule has 1 aliphatic carbocycles. The second kappa shape index (κ2) is 8.41. The Hall–Kier alpha value is -2.25. The number of thiazole rings is 1. The van der Waals surface area contributed by atoms with Gasteiger partial charge in [0.05, 0.1) is 15.1 Å². The van der Waals surface area contributed by atoms with E-state index in [-0.39, 0.29) is 18.6 Å². The number of rotatable bonds is 5. The zero-order valence-electron chi connectivity index (χ0n) is 15.7. The lowest BCUT2D eigenvalue weighted by Gasteiger charge is -2.31. The Kier molecular flexibility index (Phi) is 5.73. The van der Waals surface area contributed by atoms with Gasteiger partial charge in [0.25, 0.3) is 5.91 Å². The van der Waals surface area contributed by atoms with Crippen LogP contribution in [0.2, 0.25) is 0 Å². The summed E-state index contributed by atoms with van der Waals surface area (Å²) in [7, 11) is 1.81. The summed E-state index contributed by atoms with van der Waals surface area (Å²) in [5.74, 6) is -0.592. The number of aromatic nitrogens is 1. The number of hydrogen-bond donors (Lipinski definition) is 0. The molecule has 2 heterocycles. The molecule has 3 aromatic rings. The van der Waals surface area contributed by atoms with Crippen LogP contribution >= 0.6 is 22.7 Å². The molecule has 0 spiro atoms. The summed E-state index contributed by atoms with van der Waals surface area (Å²) in [4.78, 5) is 32.5. The summed E-state index contributed by atoms with van der Waals surface area (Å²) < 4.78 is 6.39. The summed E-state index contributed by atoms with van der Waals surface area (Å²) in [6.45, 7) is -0.208. The van der Waals surface area contributed by atoms with Crippen LogP contribution in [0, 0.1) is 0 Å². The van der Waals surface area contributed by atoms with Crippen molar-refractivity contribution in [3.05, 3.63) is 41.3 Å². The Balaban J connectivity index is 1.37. The minimum absolute atomic E-state index is 0.136. The Morgan fingerprint density at radius 3 is 2.68 bits per heavy atom. The summed E-state index contributed by atoms with van der Waals surface area (Å²) >= 11 is 2.95. The number of hydrogen-bond acceptors (Lipinski definition) is 6. The third kappa shape index (κ3) is 4.10. The Morgan fingerprint density at radius 2 is 1.89 bits per heavy atom. The van der Waals surface area contributed by atoms with Gasteiger partial charge >= 0.3 is 5.97 Å². The third-order valence-electron chi connectivity index (χ3n) is 5.15. The van der Waals surface area contributed by atoms with Gasteiger partial charge in [-0.05, 0) is 37.1 Å². The molecule has 7 heteroatoms. The van der Waals surface area contributed by atoms with Crippen LogP contribution in [0.4, 0.5) is 0 Å². The lowest BCUT2D eigenvalue weighted by atomic mass is 9.94. The first-order valence-electron chi connectivity index (χ1n) is 9.50. The highest BCUT2D eigenvalue weighted by Crippen LogP contribution is 2.34. The number of esters is 1. The molecule has 0 unspecified atom stereocenters. The predicted molar refractivity (Wildman–Crippen MR) is 113 cm³/mol. The lowest BCUT2D eigenvalue weighted by molar-refractivity contribution is -0.135. The molecule has 0 N–H and O–H groups in total. The fraction of sp³-hybridized carbons (Fsp3) is 0.381. The van der Waals surface area contributed by atoms with Crippen molar-refractivity contribution in [2.24, 2.45) is 0 Å². The normalized spacial score (nSPS) is 14.9. The van der Waals surface area contributed by atoms with Gasteiger partial charge in [0.1, 0.15) is 9.88 Å². The number of benzene rings is 1. The first-order valence-corrected chi connectivity index (χ1v) is 11.1. The van der Waals surface area contributed by atoms with Crippen LogP contribution in [-0.2, 0) is 9.53 Å². The van der Waals surface area contributed by atoms with E-state index in [4.69, 9.17) is 4.74 Å². The fourth-order valence-corrected chi connectivity index (χ4v) is 5.43. The minimum atomic E-state index is -0.456. The zero-order chi connectivity index (χ0) is 19.5. The van der Waals surface area contributed by atoms with Crippen molar-refractivity contribution in [3.8, 4) is 9.88 Å². The SMILES string of the molecule is CN(C(=O)COC(=O)c1ccc(-c2nc3ccccc3s2)s1)C1CCCCC1. The maximum absolute atomic E-state index is 12.4. The molecule has 28 heavy (non-hydrogen) atoms. The van der Waals surface area contributed by atoms with Crippen molar-refractivity contribution in [2.75, 3.05) is 13.7 Å². The van der Waals surface area contributed by atoms with E-state index < -0.39 is 5.97 Å². The second-order valence-electron chi connectivity index (χ2n) is 7.02. The molecular weight excluding hydrogens is 392 g/mol. The number of ether oxygens (including phenoxy) is 1. The quantitative estimate of drug-likeness (QED) is 0.553. The van der Waals surface area contributed by atoms with Gasteiger partial charge < -0.3 is 9.64 Å². The van der Waals surface area contributed by atoms with Crippen molar-refractivity contribution in [1.82, 2.24) is 9.88 Å². The van der Waals surface area contributed by atoms with E-state index in [1.165, 1.54) is 17.8 Å². The maximum Gasteiger partial charge on any atom is 0.348 e. The van der Waals surface area contributed by atoms with Gasteiger partial charge in [0.15, 0.2) is 6.61 Å². The predicted octanol–water partition coefficient (Wildman–Crippen LogP) is 4.97. The standard InChI is InChI=1S/C21H22N2O3S2/c1-23(14-7-3-2-4-8-14)19(24)13-26-21(25)18-12-11-17(27-18)20-22-15-9-5-6-10-16(15)28-20/h5-6,9-12,14H,2-4,7-8,13H2,1H3. The van der Waals surface area contributed by atoms with E-state index in [1.807, 2.05) is 37.4 Å². The molecule has 0 bridgehead atoms. The highest BCUT2D eigenvalue weighted by Gasteiger charge is 2.23. The molecule has 1 aromatic carbocycles. The van der Waals surface area contributed by atoms with Crippen molar-refractivity contribution in [1.29, 1.82) is 0 Å². The topological polar surface area (TPSA) is 59.5 Å². The van der Waals surface area contributed by atoms with E-state index in [2.05, 4.69) is 4.98 Å². The van der Waals surface area contributed by atoms with Gasteiger partial charge in [0, 0.05) is 13.1 Å². The van der Waals surface area contributed by atoms with E-state index in [0.29, 0.717) is 4.88 Å². The van der Waals surface area contributed by atoms with Crippen LogP contribution in [0.5, 0.6) is 0 Å². The van der Waals surface area contributed by atoms with E-state index in [1.54, 1.807) is 22.3 Å². The Bertz CT molecular complexity index is 955. The molecule has 1 amide bonds. The molecule has 4 rings (SSSR count). The molecule has 2 aromatic heterocycles. The Labute approximate surface area is 172 Å². The first kappa shape index (κ1) is 19.1. The average molecular weight is 415 g/mol. The van der Waals surface area contributed by atoms with Gasteiger partial charge in [-0.2, -0.15) is 0 Å². The number of carbonyl (C=O) groups is 2. The molecular formula is C21H22N2O3S2. The zero-order valence-corrected chi connectivity index (χ0v) is 17.4. The lowest BCUT2D eigenvalue weighted by Crippen LogP contribution is -2.40.